The number of likely N-dealkylation sites (tertiary alicyclic amines) is 1. The molecule has 4 unspecified atom stereocenters. The van der Waals surface area contributed by atoms with Gasteiger partial charge in [0.2, 0.25) is 0 Å². The summed E-state index contributed by atoms with van der Waals surface area (Å²) in [6.07, 6.45) is 8.66. The lowest BCUT2D eigenvalue weighted by Gasteiger charge is -2.46. The second kappa shape index (κ2) is 5.50. The molecule has 1 aliphatic heterocycles. The molecule has 0 radical (unpaired) electrons. The van der Waals surface area contributed by atoms with Crippen molar-refractivity contribution in [3.63, 3.8) is 0 Å². The largest absolute Gasteiger partial charge is 0.391 e. The molecule has 0 aromatic heterocycles. The van der Waals surface area contributed by atoms with E-state index in [1.165, 1.54) is 45.1 Å². The summed E-state index contributed by atoms with van der Waals surface area (Å²) in [6.45, 7) is 5.85. The Morgan fingerprint density at radius 3 is 2.75 bits per heavy atom. The molecule has 1 heterocycles. The van der Waals surface area contributed by atoms with Crippen LogP contribution in [0.4, 0.5) is 0 Å². The summed E-state index contributed by atoms with van der Waals surface area (Å²) in [5, 5.41) is 10.2. The topological polar surface area (TPSA) is 23.5 Å². The summed E-state index contributed by atoms with van der Waals surface area (Å²) in [5.41, 5.74) is 0. The minimum absolute atomic E-state index is 0.0663. The number of hydrogen-bond donors (Lipinski definition) is 1. The van der Waals surface area contributed by atoms with E-state index in [0.29, 0.717) is 6.04 Å². The van der Waals surface area contributed by atoms with Gasteiger partial charge in [-0.25, -0.2) is 0 Å². The molecule has 2 aliphatic rings. The van der Waals surface area contributed by atoms with Crippen LogP contribution in [0.2, 0.25) is 0 Å². The number of nitrogens with zero attached hydrogens (tertiary/aromatic N) is 1. The summed E-state index contributed by atoms with van der Waals surface area (Å²) in [6, 6.07) is 1.19. The van der Waals surface area contributed by atoms with Gasteiger partial charge in [0.05, 0.1) is 6.10 Å². The molecule has 1 saturated heterocycles. The summed E-state index contributed by atoms with van der Waals surface area (Å²) in [5.74, 6) is 0.799. The minimum atomic E-state index is -0.0663. The van der Waals surface area contributed by atoms with E-state index in [-0.39, 0.29) is 6.10 Å². The predicted octanol–water partition coefficient (Wildman–Crippen LogP) is 2.80. The molecule has 0 bridgehead atoms. The van der Waals surface area contributed by atoms with Gasteiger partial charge in [0.1, 0.15) is 0 Å². The third-order valence-corrected chi connectivity index (χ3v) is 4.61. The summed E-state index contributed by atoms with van der Waals surface area (Å²) < 4.78 is 0. The van der Waals surface area contributed by atoms with E-state index >= 15 is 0 Å². The normalized spacial score (nSPS) is 42.2. The second-order valence-corrected chi connectivity index (χ2v) is 5.85. The Kier molecular flexibility index (Phi) is 4.26. The maximum Gasteiger partial charge on any atom is 0.0695 e. The van der Waals surface area contributed by atoms with Gasteiger partial charge >= 0.3 is 0 Å². The number of rotatable bonds is 2. The lowest BCUT2D eigenvalue weighted by atomic mass is 9.82. The van der Waals surface area contributed by atoms with Crippen LogP contribution in [0.15, 0.2) is 0 Å². The SMILES string of the molecule is CCC1CCCCN1C1CC(C)CCC1O. The van der Waals surface area contributed by atoms with Crippen LogP contribution in [-0.2, 0) is 0 Å². The highest BCUT2D eigenvalue weighted by Crippen LogP contribution is 2.32. The van der Waals surface area contributed by atoms with Crippen molar-refractivity contribution in [2.24, 2.45) is 5.92 Å². The van der Waals surface area contributed by atoms with Crippen LogP contribution in [0, 0.1) is 5.92 Å². The van der Waals surface area contributed by atoms with Gasteiger partial charge in [-0.1, -0.05) is 20.3 Å². The van der Waals surface area contributed by atoms with Gasteiger partial charge in [-0.15, -0.1) is 0 Å². The minimum Gasteiger partial charge on any atom is -0.391 e. The zero-order valence-corrected chi connectivity index (χ0v) is 10.9. The van der Waals surface area contributed by atoms with Crippen LogP contribution in [0.5, 0.6) is 0 Å². The molecule has 2 heteroatoms. The molecule has 4 atom stereocenters. The molecule has 94 valence electrons. The van der Waals surface area contributed by atoms with Gasteiger partial charge in [-0.05, 0) is 51.0 Å². The molecule has 2 rings (SSSR count). The summed E-state index contributed by atoms with van der Waals surface area (Å²) in [4.78, 5) is 2.63. The van der Waals surface area contributed by atoms with Gasteiger partial charge in [-0.3, -0.25) is 4.90 Å². The first-order valence-electron chi connectivity index (χ1n) is 7.16. The molecule has 1 saturated carbocycles. The Hall–Kier alpha value is -0.0800. The van der Waals surface area contributed by atoms with Crippen molar-refractivity contribution < 1.29 is 5.11 Å². The molecule has 1 aliphatic carbocycles. The Balaban J connectivity index is 2.02. The van der Waals surface area contributed by atoms with Crippen molar-refractivity contribution >= 4 is 0 Å². The first-order valence-corrected chi connectivity index (χ1v) is 7.16. The first-order chi connectivity index (χ1) is 7.72. The molecule has 2 nitrogen and oxygen atoms in total. The highest BCUT2D eigenvalue weighted by Gasteiger charge is 2.35. The first kappa shape index (κ1) is 12.4. The maximum atomic E-state index is 10.2. The van der Waals surface area contributed by atoms with Gasteiger partial charge < -0.3 is 5.11 Å². The number of hydrogen-bond acceptors (Lipinski definition) is 2. The van der Waals surface area contributed by atoms with Crippen molar-refractivity contribution in [2.75, 3.05) is 6.54 Å². The van der Waals surface area contributed by atoms with Crippen LogP contribution >= 0.6 is 0 Å². The molecular weight excluding hydrogens is 198 g/mol. The van der Waals surface area contributed by atoms with Crippen molar-refractivity contribution in [3.8, 4) is 0 Å². The van der Waals surface area contributed by atoms with E-state index in [2.05, 4.69) is 18.7 Å². The monoisotopic (exact) mass is 225 g/mol. The Morgan fingerprint density at radius 2 is 2.00 bits per heavy atom. The summed E-state index contributed by atoms with van der Waals surface area (Å²) in [7, 11) is 0. The van der Waals surface area contributed by atoms with Crippen LogP contribution in [0.3, 0.4) is 0 Å². The van der Waals surface area contributed by atoms with E-state index in [9.17, 15) is 5.11 Å². The van der Waals surface area contributed by atoms with Gasteiger partial charge in [0.25, 0.3) is 0 Å². The highest BCUT2D eigenvalue weighted by molar-refractivity contribution is 4.90. The van der Waals surface area contributed by atoms with Crippen molar-refractivity contribution in [1.82, 2.24) is 4.90 Å². The molecule has 16 heavy (non-hydrogen) atoms. The van der Waals surface area contributed by atoms with E-state index < -0.39 is 0 Å². The fourth-order valence-corrected chi connectivity index (χ4v) is 3.59. The molecule has 0 spiro atoms. The molecule has 1 N–H and O–H groups in total. The van der Waals surface area contributed by atoms with Gasteiger partial charge in [0, 0.05) is 12.1 Å². The fraction of sp³-hybridized carbons (Fsp3) is 1.00. The highest BCUT2D eigenvalue weighted by atomic mass is 16.3. The van der Waals surface area contributed by atoms with Gasteiger partial charge in [0.15, 0.2) is 0 Å². The molecule has 0 amide bonds. The van der Waals surface area contributed by atoms with Crippen molar-refractivity contribution in [1.29, 1.82) is 0 Å². The van der Waals surface area contributed by atoms with Gasteiger partial charge in [-0.2, -0.15) is 0 Å². The second-order valence-electron chi connectivity index (χ2n) is 5.85. The average molecular weight is 225 g/mol. The number of piperidine rings is 1. The van der Waals surface area contributed by atoms with Crippen molar-refractivity contribution in [2.45, 2.75) is 77.0 Å². The number of aliphatic hydroxyl groups excluding tert-OH is 1. The van der Waals surface area contributed by atoms with Crippen LogP contribution in [0.25, 0.3) is 0 Å². The lowest BCUT2D eigenvalue weighted by Crippen LogP contribution is -2.53. The lowest BCUT2D eigenvalue weighted by molar-refractivity contribution is -0.0269. The molecular formula is C14H27NO. The van der Waals surface area contributed by atoms with E-state index in [4.69, 9.17) is 0 Å². The standard InChI is InChI=1S/C14H27NO/c1-3-12-6-4-5-9-15(12)13-10-11(2)7-8-14(13)16/h11-14,16H,3-10H2,1-2H3. The zero-order valence-electron chi connectivity index (χ0n) is 10.9. The Morgan fingerprint density at radius 1 is 1.19 bits per heavy atom. The van der Waals surface area contributed by atoms with E-state index in [1.54, 1.807) is 0 Å². The smallest absolute Gasteiger partial charge is 0.0695 e. The van der Waals surface area contributed by atoms with Crippen molar-refractivity contribution in [3.05, 3.63) is 0 Å². The Bertz CT molecular complexity index is 219. The molecule has 2 fully saturated rings. The average Bonchev–Trinajstić information content (AvgIpc) is 2.32. The molecule has 0 aromatic carbocycles. The van der Waals surface area contributed by atoms with Crippen LogP contribution in [0.1, 0.15) is 58.8 Å². The van der Waals surface area contributed by atoms with E-state index in [1.807, 2.05) is 0 Å². The maximum absolute atomic E-state index is 10.2. The molecule has 0 aromatic rings. The number of aliphatic hydroxyl groups is 1. The summed E-state index contributed by atoms with van der Waals surface area (Å²) >= 11 is 0. The zero-order chi connectivity index (χ0) is 11.5. The third-order valence-electron chi connectivity index (χ3n) is 4.61. The van der Waals surface area contributed by atoms with Crippen LogP contribution in [-0.4, -0.2) is 34.7 Å². The van der Waals surface area contributed by atoms with E-state index in [0.717, 1.165) is 18.4 Å². The predicted molar refractivity (Wildman–Crippen MR) is 67.4 cm³/mol. The van der Waals surface area contributed by atoms with Crippen LogP contribution < -0.4 is 0 Å². The fourth-order valence-electron chi connectivity index (χ4n) is 3.59. The third kappa shape index (κ3) is 2.60. The quantitative estimate of drug-likeness (QED) is 0.781. The Labute approximate surface area is 100 Å².